The second-order valence-corrected chi connectivity index (χ2v) is 6.70. The van der Waals surface area contributed by atoms with E-state index >= 15 is 0 Å². The Kier molecular flexibility index (Phi) is 5.79. The van der Waals surface area contributed by atoms with Crippen LogP contribution in [0.3, 0.4) is 0 Å². The second kappa shape index (κ2) is 7.59. The quantitative estimate of drug-likeness (QED) is 0.898. The van der Waals surface area contributed by atoms with Gasteiger partial charge in [0.25, 0.3) is 5.91 Å². The summed E-state index contributed by atoms with van der Waals surface area (Å²) in [6, 6.07) is 1.52. The van der Waals surface area contributed by atoms with Crippen molar-refractivity contribution in [2.24, 2.45) is 0 Å². The van der Waals surface area contributed by atoms with Crippen LogP contribution in [-0.2, 0) is 17.6 Å². The average molecular weight is 308 g/mol. The van der Waals surface area contributed by atoms with Gasteiger partial charge in [0.15, 0.2) is 0 Å². The summed E-state index contributed by atoms with van der Waals surface area (Å²) in [5.41, 5.74) is 1.33. The summed E-state index contributed by atoms with van der Waals surface area (Å²) in [4.78, 5) is 26.0. The van der Waals surface area contributed by atoms with Gasteiger partial charge in [-0.1, -0.05) is 12.8 Å². The maximum absolute atomic E-state index is 12.3. The predicted molar refractivity (Wildman–Crippen MR) is 85.8 cm³/mol. The standard InChI is InChI=1S/C16H24N2O2S/c1-3-17-15(19)11(2)18-16(20)14-10-12-8-6-4-5-7-9-13(12)21-14/h10-11H,3-9H2,1-2H3,(H,17,19)(H,18,20). The van der Waals surface area contributed by atoms with Crippen molar-refractivity contribution in [1.82, 2.24) is 10.6 Å². The Bertz CT molecular complexity index is 485. The van der Waals surface area contributed by atoms with Crippen molar-refractivity contribution in [3.63, 3.8) is 0 Å². The summed E-state index contributed by atoms with van der Waals surface area (Å²) in [7, 11) is 0. The van der Waals surface area contributed by atoms with Gasteiger partial charge in [-0.15, -0.1) is 11.3 Å². The van der Waals surface area contributed by atoms with Crippen LogP contribution in [0.4, 0.5) is 0 Å². The Morgan fingerprint density at radius 2 is 1.95 bits per heavy atom. The summed E-state index contributed by atoms with van der Waals surface area (Å²) in [6.45, 7) is 4.16. The van der Waals surface area contributed by atoms with Crippen LogP contribution >= 0.6 is 11.3 Å². The highest BCUT2D eigenvalue weighted by Crippen LogP contribution is 2.28. The van der Waals surface area contributed by atoms with Crippen LogP contribution in [0.5, 0.6) is 0 Å². The molecule has 2 rings (SSSR count). The molecule has 1 aromatic rings. The molecule has 1 aliphatic carbocycles. The van der Waals surface area contributed by atoms with E-state index in [0.717, 1.165) is 17.7 Å². The highest BCUT2D eigenvalue weighted by molar-refractivity contribution is 7.14. The molecule has 1 heterocycles. The average Bonchev–Trinajstić information content (AvgIpc) is 2.81. The van der Waals surface area contributed by atoms with Gasteiger partial charge in [0, 0.05) is 11.4 Å². The van der Waals surface area contributed by atoms with Crippen LogP contribution in [-0.4, -0.2) is 24.4 Å². The number of thiophene rings is 1. The van der Waals surface area contributed by atoms with E-state index in [4.69, 9.17) is 0 Å². The van der Waals surface area contributed by atoms with Gasteiger partial charge in [-0.2, -0.15) is 0 Å². The van der Waals surface area contributed by atoms with Crippen LogP contribution in [0.15, 0.2) is 6.07 Å². The highest BCUT2D eigenvalue weighted by Gasteiger charge is 2.19. The number of hydrogen-bond acceptors (Lipinski definition) is 3. The first-order valence-corrected chi connectivity index (χ1v) is 8.63. The zero-order chi connectivity index (χ0) is 15.2. The summed E-state index contributed by atoms with van der Waals surface area (Å²) >= 11 is 1.59. The fourth-order valence-electron chi connectivity index (χ4n) is 2.62. The first kappa shape index (κ1) is 16.0. The van der Waals surface area contributed by atoms with Crippen molar-refractivity contribution >= 4 is 23.2 Å². The number of nitrogens with one attached hydrogen (secondary N) is 2. The molecule has 1 aromatic heterocycles. The van der Waals surface area contributed by atoms with E-state index in [2.05, 4.69) is 10.6 Å². The molecule has 1 aliphatic rings. The fourth-order valence-corrected chi connectivity index (χ4v) is 3.77. The third-order valence-electron chi connectivity index (χ3n) is 3.81. The van der Waals surface area contributed by atoms with E-state index in [1.807, 2.05) is 13.0 Å². The van der Waals surface area contributed by atoms with Crippen LogP contribution in [0.25, 0.3) is 0 Å². The molecule has 0 spiro atoms. The van der Waals surface area contributed by atoms with Gasteiger partial charge in [-0.3, -0.25) is 9.59 Å². The normalized spacial score (nSPS) is 16.3. The third-order valence-corrected chi connectivity index (χ3v) is 5.05. The lowest BCUT2D eigenvalue weighted by Crippen LogP contribution is -2.44. The summed E-state index contributed by atoms with van der Waals surface area (Å²) < 4.78 is 0. The predicted octanol–water partition coefficient (Wildman–Crippen LogP) is 2.66. The van der Waals surface area contributed by atoms with E-state index in [-0.39, 0.29) is 11.8 Å². The van der Waals surface area contributed by atoms with E-state index in [1.165, 1.54) is 36.1 Å². The van der Waals surface area contributed by atoms with Crippen molar-refractivity contribution < 1.29 is 9.59 Å². The zero-order valence-corrected chi connectivity index (χ0v) is 13.6. The number of carbonyl (C=O) groups excluding carboxylic acids is 2. The summed E-state index contributed by atoms with van der Waals surface area (Å²) in [6.07, 6.45) is 7.15. The van der Waals surface area contributed by atoms with E-state index in [9.17, 15) is 9.59 Å². The van der Waals surface area contributed by atoms with Gasteiger partial charge in [-0.25, -0.2) is 0 Å². The SMILES string of the molecule is CCNC(=O)C(C)NC(=O)c1cc2c(s1)CCCCCC2. The minimum absolute atomic E-state index is 0.134. The van der Waals surface area contributed by atoms with Crippen LogP contribution in [0.2, 0.25) is 0 Å². The summed E-state index contributed by atoms with van der Waals surface area (Å²) in [5.74, 6) is -0.272. The van der Waals surface area contributed by atoms with Gasteiger partial charge in [0.1, 0.15) is 6.04 Å². The Morgan fingerprint density at radius 3 is 2.67 bits per heavy atom. The lowest BCUT2D eigenvalue weighted by molar-refractivity contribution is -0.122. The van der Waals surface area contributed by atoms with Crippen molar-refractivity contribution in [1.29, 1.82) is 0 Å². The molecule has 2 amide bonds. The molecule has 2 N–H and O–H groups in total. The van der Waals surface area contributed by atoms with E-state index in [0.29, 0.717) is 6.54 Å². The van der Waals surface area contributed by atoms with Crippen LogP contribution < -0.4 is 10.6 Å². The highest BCUT2D eigenvalue weighted by atomic mass is 32.1. The molecule has 0 bridgehead atoms. The molecule has 0 aromatic carbocycles. The molecule has 5 heteroatoms. The molecule has 21 heavy (non-hydrogen) atoms. The monoisotopic (exact) mass is 308 g/mol. The molecule has 0 aliphatic heterocycles. The van der Waals surface area contributed by atoms with Crippen molar-refractivity contribution in [2.75, 3.05) is 6.54 Å². The molecule has 0 fully saturated rings. The van der Waals surface area contributed by atoms with Gasteiger partial charge >= 0.3 is 0 Å². The van der Waals surface area contributed by atoms with Gasteiger partial charge in [0.2, 0.25) is 5.91 Å². The molecule has 0 saturated carbocycles. The first-order valence-electron chi connectivity index (χ1n) is 7.82. The minimum atomic E-state index is -0.498. The number of fused-ring (bicyclic) bond motifs is 1. The number of likely N-dealkylation sites (N-methyl/N-ethyl adjacent to an activating group) is 1. The Balaban J connectivity index is 2.02. The molecule has 4 nitrogen and oxygen atoms in total. The largest absolute Gasteiger partial charge is 0.355 e. The molecule has 116 valence electrons. The number of hydrogen-bond donors (Lipinski definition) is 2. The Hall–Kier alpha value is -1.36. The third kappa shape index (κ3) is 4.30. The smallest absolute Gasteiger partial charge is 0.262 e. The second-order valence-electron chi connectivity index (χ2n) is 5.56. The molecular formula is C16H24N2O2S. The van der Waals surface area contributed by atoms with Crippen molar-refractivity contribution in [2.45, 2.75) is 58.4 Å². The molecule has 0 saturated heterocycles. The maximum Gasteiger partial charge on any atom is 0.262 e. The fraction of sp³-hybridized carbons (Fsp3) is 0.625. The number of carbonyl (C=O) groups is 2. The first-order chi connectivity index (χ1) is 10.1. The summed E-state index contributed by atoms with van der Waals surface area (Å²) in [5, 5.41) is 5.50. The molecular weight excluding hydrogens is 284 g/mol. The lowest BCUT2D eigenvalue weighted by Gasteiger charge is -2.12. The minimum Gasteiger partial charge on any atom is -0.355 e. The number of rotatable bonds is 4. The van der Waals surface area contributed by atoms with Crippen LogP contribution in [0.1, 0.15) is 59.6 Å². The van der Waals surface area contributed by atoms with Crippen LogP contribution in [0, 0.1) is 0 Å². The molecule has 1 unspecified atom stereocenters. The Morgan fingerprint density at radius 1 is 1.24 bits per heavy atom. The van der Waals surface area contributed by atoms with Gasteiger partial charge in [0.05, 0.1) is 4.88 Å². The van der Waals surface area contributed by atoms with Gasteiger partial charge in [-0.05, 0) is 51.2 Å². The molecule has 0 radical (unpaired) electrons. The molecule has 1 atom stereocenters. The Labute approximate surface area is 130 Å². The topological polar surface area (TPSA) is 58.2 Å². The number of amides is 2. The maximum atomic E-state index is 12.3. The van der Waals surface area contributed by atoms with Crippen molar-refractivity contribution in [3.8, 4) is 0 Å². The van der Waals surface area contributed by atoms with E-state index in [1.54, 1.807) is 18.3 Å². The lowest BCUT2D eigenvalue weighted by atomic mass is 10.00. The van der Waals surface area contributed by atoms with Crippen molar-refractivity contribution in [3.05, 3.63) is 21.4 Å². The van der Waals surface area contributed by atoms with E-state index < -0.39 is 6.04 Å². The number of aryl methyl sites for hydroxylation is 2. The van der Waals surface area contributed by atoms with Gasteiger partial charge < -0.3 is 10.6 Å². The zero-order valence-electron chi connectivity index (χ0n) is 12.8.